The number of nitrogens with one attached hydrogen (secondary N) is 1. The highest BCUT2D eigenvalue weighted by Gasteiger charge is 2.24. The quantitative estimate of drug-likeness (QED) is 0.553. The number of piperidine rings is 1. The largest absolute Gasteiger partial charge is 0.356 e. The van der Waals surface area contributed by atoms with Crippen molar-refractivity contribution in [1.29, 1.82) is 0 Å². The lowest BCUT2D eigenvalue weighted by Crippen LogP contribution is -2.54. The highest BCUT2D eigenvalue weighted by atomic mass is 35.5. The molecule has 0 unspecified atom stereocenters. The number of rotatable bonds is 6. The van der Waals surface area contributed by atoms with Crippen molar-refractivity contribution in [3.05, 3.63) is 34.9 Å². The van der Waals surface area contributed by atoms with Crippen LogP contribution in [0.2, 0.25) is 5.02 Å². The predicted octanol–water partition coefficient (Wildman–Crippen LogP) is 2.72. The number of amides is 1. The van der Waals surface area contributed by atoms with Gasteiger partial charge in [-0.2, -0.15) is 0 Å². The minimum absolute atomic E-state index is 0.165. The molecule has 3 rings (SSSR count). The third-order valence-electron chi connectivity index (χ3n) is 6.18. The average molecular weight is 434 g/mol. The second-order valence-corrected chi connectivity index (χ2v) is 8.82. The lowest BCUT2D eigenvalue weighted by atomic mass is 9.97. The second kappa shape index (κ2) is 11.6. The van der Waals surface area contributed by atoms with E-state index in [0.717, 1.165) is 50.2 Å². The molecule has 0 saturated carbocycles. The summed E-state index contributed by atoms with van der Waals surface area (Å²) in [4.78, 5) is 23.9. The van der Waals surface area contributed by atoms with Gasteiger partial charge >= 0.3 is 0 Å². The number of carbonyl (C=O) groups is 1. The summed E-state index contributed by atoms with van der Waals surface area (Å²) in [6, 6.07) is 7.56. The van der Waals surface area contributed by atoms with E-state index in [0.29, 0.717) is 11.4 Å². The van der Waals surface area contributed by atoms with Gasteiger partial charge in [-0.1, -0.05) is 30.7 Å². The highest BCUT2D eigenvalue weighted by molar-refractivity contribution is 6.30. The Balaban J connectivity index is 1.40. The molecule has 1 N–H and O–H groups in total. The van der Waals surface area contributed by atoms with Crippen molar-refractivity contribution in [3.8, 4) is 0 Å². The molecule has 166 valence electrons. The van der Waals surface area contributed by atoms with Gasteiger partial charge in [0.2, 0.25) is 5.91 Å². The van der Waals surface area contributed by atoms with E-state index >= 15 is 0 Å². The van der Waals surface area contributed by atoms with Crippen LogP contribution in [0.5, 0.6) is 0 Å². The van der Waals surface area contributed by atoms with Gasteiger partial charge in [-0.3, -0.25) is 9.79 Å². The standard InChI is InChI=1S/C23H36ClN5O/c1-3-9-27-10-7-19(8-11-27)18-26-23(25-2)29-14-12-28(13-15-29)22(30)17-20-5-4-6-21(24)16-20/h4-6,16,19H,3,7-15,17-18H2,1-2H3,(H,25,26). The van der Waals surface area contributed by atoms with Crippen LogP contribution in [0.3, 0.4) is 0 Å². The Bertz CT molecular complexity index is 709. The maximum Gasteiger partial charge on any atom is 0.227 e. The summed E-state index contributed by atoms with van der Waals surface area (Å²) in [6.45, 7) is 9.99. The lowest BCUT2D eigenvalue weighted by Gasteiger charge is -2.37. The van der Waals surface area contributed by atoms with Crippen LogP contribution in [0.25, 0.3) is 0 Å². The molecule has 0 aliphatic carbocycles. The normalized spacial score (nSPS) is 19.2. The predicted molar refractivity (Wildman–Crippen MR) is 124 cm³/mol. The molecule has 2 heterocycles. The van der Waals surface area contributed by atoms with Gasteiger partial charge in [0.25, 0.3) is 0 Å². The summed E-state index contributed by atoms with van der Waals surface area (Å²) in [5, 5.41) is 4.26. The topological polar surface area (TPSA) is 51.2 Å². The number of hydrogen-bond donors (Lipinski definition) is 1. The third-order valence-corrected chi connectivity index (χ3v) is 6.42. The van der Waals surface area contributed by atoms with Crippen molar-refractivity contribution in [1.82, 2.24) is 20.0 Å². The lowest BCUT2D eigenvalue weighted by molar-refractivity contribution is -0.131. The minimum Gasteiger partial charge on any atom is -0.356 e. The van der Waals surface area contributed by atoms with Gasteiger partial charge < -0.3 is 20.0 Å². The first-order valence-electron chi connectivity index (χ1n) is 11.3. The summed E-state index contributed by atoms with van der Waals surface area (Å²) in [5.74, 6) is 1.85. The molecule has 0 spiro atoms. The molecule has 0 bridgehead atoms. The van der Waals surface area contributed by atoms with Gasteiger partial charge in [0.05, 0.1) is 6.42 Å². The monoisotopic (exact) mass is 433 g/mol. The molecular weight excluding hydrogens is 398 g/mol. The summed E-state index contributed by atoms with van der Waals surface area (Å²) >= 11 is 6.04. The molecule has 30 heavy (non-hydrogen) atoms. The fourth-order valence-corrected chi connectivity index (χ4v) is 4.61. The zero-order chi connectivity index (χ0) is 21.3. The Hall–Kier alpha value is -1.79. The van der Waals surface area contributed by atoms with Crippen LogP contribution in [0.1, 0.15) is 31.7 Å². The first kappa shape index (κ1) is 22.9. The van der Waals surface area contributed by atoms with Gasteiger partial charge in [-0.05, 0) is 62.5 Å². The first-order chi connectivity index (χ1) is 14.6. The molecule has 2 fully saturated rings. The van der Waals surface area contributed by atoms with Crippen molar-refractivity contribution in [2.75, 3.05) is 59.4 Å². The SMILES string of the molecule is CCCN1CCC(CNC(=NC)N2CCN(C(=O)Cc3cccc(Cl)c3)CC2)CC1. The van der Waals surface area contributed by atoms with E-state index in [4.69, 9.17) is 11.6 Å². The van der Waals surface area contributed by atoms with E-state index < -0.39 is 0 Å². The summed E-state index contributed by atoms with van der Waals surface area (Å²) in [6.07, 6.45) is 4.17. The number of piperazine rings is 1. The second-order valence-electron chi connectivity index (χ2n) is 8.39. The van der Waals surface area contributed by atoms with Gasteiger partial charge in [-0.25, -0.2) is 0 Å². The summed E-state index contributed by atoms with van der Waals surface area (Å²) < 4.78 is 0. The number of benzene rings is 1. The Kier molecular flexibility index (Phi) is 8.82. The molecule has 2 saturated heterocycles. The van der Waals surface area contributed by atoms with Crippen molar-refractivity contribution < 1.29 is 4.79 Å². The third kappa shape index (κ3) is 6.61. The maximum atomic E-state index is 12.6. The summed E-state index contributed by atoms with van der Waals surface area (Å²) in [7, 11) is 1.85. The van der Waals surface area contributed by atoms with Crippen LogP contribution in [0.15, 0.2) is 29.3 Å². The Morgan fingerprint density at radius 1 is 1.13 bits per heavy atom. The number of aliphatic imine (C=N–C) groups is 1. The number of carbonyl (C=O) groups excluding carboxylic acids is 1. The number of guanidine groups is 1. The van der Waals surface area contributed by atoms with E-state index in [1.165, 1.54) is 38.9 Å². The molecule has 1 aromatic carbocycles. The highest BCUT2D eigenvalue weighted by Crippen LogP contribution is 2.17. The average Bonchev–Trinajstić information content (AvgIpc) is 2.76. The molecule has 1 amide bonds. The smallest absolute Gasteiger partial charge is 0.227 e. The zero-order valence-electron chi connectivity index (χ0n) is 18.4. The first-order valence-corrected chi connectivity index (χ1v) is 11.7. The fourth-order valence-electron chi connectivity index (χ4n) is 4.40. The number of likely N-dealkylation sites (tertiary alicyclic amines) is 1. The zero-order valence-corrected chi connectivity index (χ0v) is 19.2. The molecule has 7 heteroatoms. The van der Waals surface area contributed by atoms with Crippen molar-refractivity contribution in [3.63, 3.8) is 0 Å². The summed E-state index contributed by atoms with van der Waals surface area (Å²) in [5.41, 5.74) is 0.970. The number of nitrogens with zero attached hydrogens (tertiary/aromatic N) is 4. The minimum atomic E-state index is 0.165. The van der Waals surface area contributed by atoms with Gasteiger partial charge in [0.15, 0.2) is 5.96 Å². The van der Waals surface area contributed by atoms with Gasteiger partial charge in [0, 0.05) is 44.8 Å². The van der Waals surface area contributed by atoms with E-state index in [1.807, 2.05) is 36.2 Å². The molecule has 0 radical (unpaired) electrons. The molecule has 2 aliphatic heterocycles. The fraction of sp³-hybridized carbons (Fsp3) is 0.652. The van der Waals surface area contributed by atoms with E-state index in [-0.39, 0.29) is 5.91 Å². The number of hydrogen-bond acceptors (Lipinski definition) is 3. The van der Waals surface area contributed by atoms with Crippen LogP contribution in [0.4, 0.5) is 0 Å². The van der Waals surface area contributed by atoms with Gasteiger partial charge in [0.1, 0.15) is 0 Å². The maximum absolute atomic E-state index is 12.6. The van der Waals surface area contributed by atoms with E-state index in [9.17, 15) is 4.79 Å². The van der Waals surface area contributed by atoms with Crippen molar-refractivity contribution in [2.24, 2.45) is 10.9 Å². The van der Waals surface area contributed by atoms with Gasteiger partial charge in [-0.15, -0.1) is 0 Å². The Morgan fingerprint density at radius 3 is 2.47 bits per heavy atom. The van der Waals surface area contributed by atoms with Crippen LogP contribution in [-0.2, 0) is 11.2 Å². The van der Waals surface area contributed by atoms with Crippen LogP contribution in [-0.4, -0.2) is 86.0 Å². The van der Waals surface area contributed by atoms with Crippen molar-refractivity contribution >= 4 is 23.5 Å². The molecule has 6 nitrogen and oxygen atoms in total. The van der Waals surface area contributed by atoms with Crippen molar-refractivity contribution in [2.45, 2.75) is 32.6 Å². The van der Waals surface area contributed by atoms with Crippen LogP contribution in [0, 0.1) is 5.92 Å². The Labute approximate surface area is 186 Å². The molecular formula is C23H36ClN5O. The van der Waals surface area contributed by atoms with Crippen LogP contribution < -0.4 is 5.32 Å². The molecule has 1 aromatic rings. The van der Waals surface area contributed by atoms with Crippen LogP contribution >= 0.6 is 11.6 Å². The molecule has 0 aromatic heterocycles. The Morgan fingerprint density at radius 2 is 1.83 bits per heavy atom. The molecule has 2 aliphatic rings. The number of halogens is 1. The van der Waals surface area contributed by atoms with E-state index in [2.05, 4.69) is 27.0 Å². The van der Waals surface area contributed by atoms with E-state index in [1.54, 1.807) is 0 Å². The molecule has 0 atom stereocenters.